The van der Waals surface area contributed by atoms with Crippen molar-refractivity contribution in [3.63, 3.8) is 0 Å². The standard InChI is InChI=1S/C18H16F2N4OS/c1-2-11-6-8-12(9-7-11)17-22-18(24-23-17)26-10-15(25)21-16-13(19)4-3-5-14(16)20/h3-9H,2,10H2,1H3,(H,21,25)(H,22,23,24). The highest BCUT2D eigenvalue weighted by atomic mass is 32.2. The number of carbonyl (C=O) groups is 1. The number of hydrogen-bond donors (Lipinski definition) is 2. The maximum atomic E-state index is 13.5. The number of halogens is 2. The van der Waals surface area contributed by atoms with Gasteiger partial charge in [0.1, 0.15) is 17.3 Å². The predicted octanol–water partition coefficient (Wildman–Crippen LogP) is 4.04. The Balaban J connectivity index is 1.60. The number of carbonyl (C=O) groups excluding carboxylic acids is 1. The van der Waals surface area contributed by atoms with Gasteiger partial charge < -0.3 is 5.32 Å². The minimum absolute atomic E-state index is 0.0696. The number of anilines is 1. The molecule has 1 heterocycles. The summed E-state index contributed by atoms with van der Waals surface area (Å²) in [5.41, 5.74) is 1.66. The molecule has 134 valence electrons. The molecule has 1 amide bonds. The van der Waals surface area contributed by atoms with Crippen LogP contribution in [0, 0.1) is 11.6 Å². The third kappa shape index (κ3) is 4.26. The molecular formula is C18H16F2N4OS. The van der Waals surface area contributed by atoms with Crippen LogP contribution in [0.3, 0.4) is 0 Å². The highest BCUT2D eigenvalue weighted by Crippen LogP contribution is 2.21. The minimum Gasteiger partial charge on any atom is -0.320 e. The van der Waals surface area contributed by atoms with E-state index in [0.717, 1.165) is 35.9 Å². The highest BCUT2D eigenvalue weighted by Gasteiger charge is 2.13. The number of nitrogens with one attached hydrogen (secondary N) is 2. The van der Waals surface area contributed by atoms with Crippen LogP contribution in [0.5, 0.6) is 0 Å². The van der Waals surface area contributed by atoms with E-state index < -0.39 is 23.2 Å². The summed E-state index contributed by atoms with van der Waals surface area (Å²) in [7, 11) is 0. The Kier molecular flexibility index (Phi) is 5.62. The first-order valence-corrected chi connectivity index (χ1v) is 8.93. The zero-order chi connectivity index (χ0) is 18.5. The topological polar surface area (TPSA) is 70.7 Å². The highest BCUT2D eigenvalue weighted by molar-refractivity contribution is 7.99. The summed E-state index contributed by atoms with van der Waals surface area (Å²) in [5, 5.41) is 9.47. The molecule has 0 aliphatic heterocycles. The molecule has 3 rings (SSSR count). The molecule has 0 spiro atoms. The average molecular weight is 374 g/mol. The molecule has 0 saturated carbocycles. The Morgan fingerprint density at radius 2 is 1.85 bits per heavy atom. The van der Waals surface area contributed by atoms with Crippen molar-refractivity contribution in [2.24, 2.45) is 0 Å². The number of para-hydroxylation sites is 1. The van der Waals surface area contributed by atoms with Gasteiger partial charge in [-0.25, -0.2) is 13.8 Å². The van der Waals surface area contributed by atoms with Crippen molar-refractivity contribution in [1.29, 1.82) is 0 Å². The normalized spacial score (nSPS) is 10.7. The molecular weight excluding hydrogens is 358 g/mol. The Morgan fingerprint density at radius 1 is 1.15 bits per heavy atom. The lowest BCUT2D eigenvalue weighted by molar-refractivity contribution is -0.113. The number of aryl methyl sites for hydroxylation is 1. The van der Waals surface area contributed by atoms with Crippen LogP contribution in [-0.4, -0.2) is 26.8 Å². The summed E-state index contributed by atoms with van der Waals surface area (Å²) in [6.45, 7) is 2.08. The van der Waals surface area contributed by atoms with Crippen molar-refractivity contribution in [3.05, 3.63) is 59.7 Å². The van der Waals surface area contributed by atoms with Gasteiger partial charge in [0.05, 0.1) is 5.75 Å². The van der Waals surface area contributed by atoms with Gasteiger partial charge in [-0.1, -0.05) is 49.0 Å². The maximum absolute atomic E-state index is 13.5. The molecule has 0 fully saturated rings. The number of aromatic amines is 1. The largest absolute Gasteiger partial charge is 0.320 e. The number of benzene rings is 2. The fourth-order valence-corrected chi connectivity index (χ4v) is 2.86. The quantitative estimate of drug-likeness (QED) is 0.639. The van der Waals surface area contributed by atoms with Crippen molar-refractivity contribution in [3.8, 4) is 11.4 Å². The predicted molar refractivity (Wildman–Crippen MR) is 96.9 cm³/mol. The monoisotopic (exact) mass is 374 g/mol. The van der Waals surface area contributed by atoms with Crippen LogP contribution >= 0.6 is 11.8 Å². The minimum atomic E-state index is -0.820. The fourth-order valence-electron chi connectivity index (χ4n) is 2.26. The second kappa shape index (κ2) is 8.09. The summed E-state index contributed by atoms with van der Waals surface area (Å²) in [4.78, 5) is 16.2. The van der Waals surface area contributed by atoms with E-state index in [-0.39, 0.29) is 5.75 Å². The first-order chi connectivity index (χ1) is 12.6. The molecule has 3 aromatic rings. The van der Waals surface area contributed by atoms with Gasteiger partial charge in [0.2, 0.25) is 11.1 Å². The van der Waals surface area contributed by atoms with E-state index in [1.54, 1.807) is 0 Å². The van der Waals surface area contributed by atoms with Crippen molar-refractivity contribution < 1.29 is 13.6 Å². The van der Waals surface area contributed by atoms with Crippen LogP contribution in [0.15, 0.2) is 47.6 Å². The Labute approximate surface area is 153 Å². The van der Waals surface area contributed by atoms with Crippen LogP contribution in [0.2, 0.25) is 0 Å². The molecule has 0 unspecified atom stereocenters. The molecule has 0 aliphatic carbocycles. The van der Waals surface area contributed by atoms with Crippen molar-refractivity contribution in [1.82, 2.24) is 15.2 Å². The molecule has 0 radical (unpaired) electrons. The van der Waals surface area contributed by atoms with E-state index >= 15 is 0 Å². The van der Waals surface area contributed by atoms with Crippen LogP contribution in [0.4, 0.5) is 14.5 Å². The number of rotatable bonds is 6. The van der Waals surface area contributed by atoms with Gasteiger partial charge in [0, 0.05) is 5.56 Å². The summed E-state index contributed by atoms with van der Waals surface area (Å²) < 4.78 is 27.1. The van der Waals surface area contributed by atoms with E-state index in [0.29, 0.717) is 11.0 Å². The van der Waals surface area contributed by atoms with Gasteiger partial charge in [0.25, 0.3) is 0 Å². The number of H-pyrrole nitrogens is 1. The summed E-state index contributed by atoms with van der Waals surface area (Å²) >= 11 is 1.07. The smallest absolute Gasteiger partial charge is 0.235 e. The summed E-state index contributed by atoms with van der Waals surface area (Å²) in [5.74, 6) is -1.66. The first kappa shape index (κ1) is 18.1. The Hall–Kier alpha value is -2.74. The van der Waals surface area contributed by atoms with Gasteiger partial charge in [-0.3, -0.25) is 9.89 Å². The van der Waals surface area contributed by atoms with Gasteiger partial charge in [0.15, 0.2) is 5.82 Å². The van der Waals surface area contributed by atoms with E-state index in [1.165, 1.54) is 11.6 Å². The van der Waals surface area contributed by atoms with Gasteiger partial charge in [-0.15, -0.1) is 5.10 Å². The molecule has 2 N–H and O–H groups in total. The molecule has 8 heteroatoms. The average Bonchev–Trinajstić information content (AvgIpc) is 3.12. The lowest BCUT2D eigenvalue weighted by Gasteiger charge is -2.06. The van der Waals surface area contributed by atoms with E-state index in [2.05, 4.69) is 27.4 Å². The Bertz CT molecular complexity index is 892. The van der Waals surface area contributed by atoms with Crippen molar-refractivity contribution in [2.45, 2.75) is 18.5 Å². The van der Waals surface area contributed by atoms with Crippen molar-refractivity contribution >= 4 is 23.4 Å². The zero-order valence-electron chi connectivity index (χ0n) is 13.9. The van der Waals surface area contributed by atoms with Crippen LogP contribution in [-0.2, 0) is 11.2 Å². The molecule has 5 nitrogen and oxygen atoms in total. The molecule has 0 atom stereocenters. The molecule has 0 bridgehead atoms. The SMILES string of the molecule is CCc1ccc(-c2nc(SCC(=O)Nc3c(F)cccc3F)n[nH]2)cc1. The van der Waals surface area contributed by atoms with Gasteiger partial charge in [-0.2, -0.15) is 0 Å². The Morgan fingerprint density at radius 3 is 2.50 bits per heavy atom. The second-order valence-corrected chi connectivity index (χ2v) is 6.39. The lowest BCUT2D eigenvalue weighted by Crippen LogP contribution is -2.16. The first-order valence-electron chi connectivity index (χ1n) is 7.95. The lowest BCUT2D eigenvalue weighted by atomic mass is 10.1. The van der Waals surface area contributed by atoms with E-state index in [9.17, 15) is 13.6 Å². The molecule has 0 aliphatic rings. The molecule has 1 aromatic heterocycles. The maximum Gasteiger partial charge on any atom is 0.235 e. The fraction of sp³-hybridized carbons (Fsp3) is 0.167. The van der Waals surface area contributed by atoms with Crippen LogP contribution < -0.4 is 5.32 Å². The summed E-state index contributed by atoms with van der Waals surface area (Å²) in [6.07, 6.45) is 0.954. The molecule has 2 aromatic carbocycles. The number of nitrogens with zero attached hydrogens (tertiary/aromatic N) is 2. The van der Waals surface area contributed by atoms with Crippen molar-refractivity contribution in [2.75, 3.05) is 11.1 Å². The number of hydrogen-bond acceptors (Lipinski definition) is 4. The molecule has 26 heavy (non-hydrogen) atoms. The van der Waals surface area contributed by atoms with E-state index in [1.807, 2.05) is 24.3 Å². The van der Waals surface area contributed by atoms with Gasteiger partial charge in [-0.05, 0) is 24.1 Å². The van der Waals surface area contributed by atoms with Gasteiger partial charge >= 0.3 is 0 Å². The third-order valence-corrected chi connectivity index (χ3v) is 4.51. The number of aromatic nitrogens is 3. The third-order valence-electron chi connectivity index (χ3n) is 3.66. The zero-order valence-corrected chi connectivity index (χ0v) is 14.7. The second-order valence-electron chi connectivity index (χ2n) is 5.45. The van der Waals surface area contributed by atoms with Crippen LogP contribution in [0.1, 0.15) is 12.5 Å². The van der Waals surface area contributed by atoms with Crippen LogP contribution in [0.25, 0.3) is 11.4 Å². The number of thioether (sulfide) groups is 1. The summed E-state index contributed by atoms with van der Waals surface area (Å²) in [6, 6.07) is 11.3. The van der Waals surface area contributed by atoms with E-state index in [4.69, 9.17) is 0 Å². The number of amides is 1. The molecule has 0 saturated heterocycles.